The minimum Gasteiger partial charge on any atom is -0.376 e. The average molecular weight is 346 g/mol. The van der Waals surface area contributed by atoms with E-state index in [1.54, 1.807) is 6.33 Å². The van der Waals surface area contributed by atoms with Gasteiger partial charge in [-0.25, -0.2) is 15.4 Å². The third kappa shape index (κ3) is 3.65. The molecule has 7 heteroatoms. The number of aromatic nitrogens is 2. The molecule has 0 spiro atoms. The summed E-state index contributed by atoms with van der Waals surface area (Å²) in [7, 11) is 0. The van der Waals surface area contributed by atoms with E-state index in [-0.39, 0.29) is 18.2 Å². The first-order valence-electron chi connectivity index (χ1n) is 9.59. The van der Waals surface area contributed by atoms with Gasteiger partial charge in [0.2, 0.25) is 0 Å². The van der Waals surface area contributed by atoms with Crippen LogP contribution in [0.3, 0.4) is 0 Å². The molecule has 3 heterocycles. The molecule has 4 rings (SSSR count). The monoisotopic (exact) mass is 346 g/mol. The van der Waals surface area contributed by atoms with Crippen LogP contribution in [-0.4, -0.2) is 47.3 Å². The lowest BCUT2D eigenvalue weighted by molar-refractivity contribution is -0.0276. The first-order chi connectivity index (χ1) is 12.1. The van der Waals surface area contributed by atoms with E-state index in [0.717, 1.165) is 50.3 Å². The van der Waals surface area contributed by atoms with E-state index in [0.29, 0.717) is 18.1 Å². The predicted molar refractivity (Wildman–Crippen MR) is 97.0 cm³/mol. The zero-order valence-corrected chi connectivity index (χ0v) is 15.2. The molecule has 2 saturated heterocycles. The normalized spacial score (nSPS) is 35.4. The summed E-state index contributed by atoms with van der Waals surface area (Å²) in [4.78, 5) is 11.3. The molecule has 5 atom stereocenters. The number of ether oxygens (including phenoxy) is 1. The Balaban J connectivity index is 1.49. The molecule has 0 radical (unpaired) electrons. The van der Waals surface area contributed by atoms with Crippen LogP contribution in [0.4, 0.5) is 5.82 Å². The highest BCUT2D eigenvalue weighted by molar-refractivity contribution is 5.41. The van der Waals surface area contributed by atoms with Crippen molar-refractivity contribution in [1.82, 2.24) is 20.8 Å². The van der Waals surface area contributed by atoms with Crippen LogP contribution in [0.1, 0.15) is 51.3 Å². The third-order valence-electron chi connectivity index (χ3n) is 5.71. The van der Waals surface area contributed by atoms with Crippen molar-refractivity contribution >= 4 is 5.82 Å². The molecule has 3 fully saturated rings. The molecule has 4 N–H and O–H groups in total. The van der Waals surface area contributed by atoms with Gasteiger partial charge in [0.15, 0.2) is 0 Å². The smallest absolute Gasteiger partial charge is 0.132 e. The molecule has 7 nitrogen and oxygen atoms in total. The van der Waals surface area contributed by atoms with Gasteiger partial charge < -0.3 is 15.4 Å². The number of hydrogen-bond acceptors (Lipinski definition) is 7. The van der Waals surface area contributed by atoms with Crippen LogP contribution in [-0.2, 0) is 4.74 Å². The minimum absolute atomic E-state index is 0.210. The van der Waals surface area contributed by atoms with Crippen molar-refractivity contribution < 1.29 is 4.74 Å². The SMILES string of the molecule is CC(C)OC1CCC2NNC(c3cc(N4CC[C@@H](N)C4)ncn3)C2C1. The van der Waals surface area contributed by atoms with Crippen molar-refractivity contribution in [3.8, 4) is 0 Å². The van der Waals surface area contributed by atoms with Gasteiger partial charge in [-0.05, 0) is 39.5 Å². The fraction of sp³-hybridized carbons (Fsp3) is 0.778. The summed E-state index contributed by atoms with van der Waals surface area (Å²) >= 11 is 0. The van der Waals surface area contributed by atoms with Crippen LogP contribution in [0, 0.1) is 5.92 Å². The van der Waals surface area contributed by atoms with Crippen LogP contribution < -0.4 is 21.5 Å². The summed E-state index contributed by atoms with van der Waals surface area (Å²) in [6.07, 6.45) is 6.69. The van der Waals surface area contributed by atoms with Crippen molar-refractivity contribution in [2.75, 3.05) is 18.0 Å². The summed E-state index contributed by atoms with van der Waals surface area (Å²) in [6, 6.07) is 3.09. The van der Waals surface area contributed by atoms with Gasteiger partial charge in [0.05, 0.1) is 23.9 Å². The van der Waals surface area contributed by atoms with E-state index >= 15 is 0 Å². The Kier molecular flexibility index (Phi) is 4.90. The van der Waals surface area contributed by atoms with Gasteiger partial charge in [-0.2, -0.15) is 0 Å². The first-order valence-corrected chi connectivity index (χ1v) is 9.59. The van der Waals surface area contributed by atoms with Crippen molar-refractivity contribution in [3.63, 3.8) is 0 Å². The third-order valence-corrected chi connectivity index (χ3v) is 5.71. The van der Waals surface area contributed by atoms with E-state index in [9.17, 15) is 0 Å². The van der Waals surface area contributed by atoms with Crippen LogP contribution >= 0.6 is 0 Å². The second-order valence-corrected chi connectivity index (χ2v) is 7.95. The van der Waals surface area contributed by atoms with E-state index in [4.69, 9.17) is 10.5 Å². The molecule has 1 saturated carbocycles. The van der Waals surface area contributed by atoms with Crippen LogP contribution in [0.25, 0.3) is 0 Å². The highest BCUT2D eigenvalue weighted by Gasteiger charge is 2.42. The van der Waals surface area contributed by atoms with Gasteiger partial charge >= 0.3 is 0 Å². The molecule has 1 aromatic heterocycles. The standard InChI is InChI=1S/C18H30N6O/c1-11(2)25-13-3-4-15-14(7-13)18(23-22-15)16-8-17(21-10-20-16)24-6-5-12(19)9-24/h8,10-15,18,22-23H,3-7,9,19H2,1-2H3/t12-,13?,14?,15?,18?/m1/s1. The molecule has 0 bridgehead atoms. The highest BCUT2D eigenvalue weighted by Crippen LogP contribution is 2.39. The molecule has 25 heavy (non-hydrogen) atoms. The number of hydrazine groups is 1. The highest BCUT2D eigenvalue weighted by atomic mass is 16.5. The molecule has 3 aliphatic rings. The molecule has 138 valence electrons. The molecular formula is C18H30N6O. The molecule has 0 aromatic carbocycles. The van der Waals surface area contributed by atoms with E-state index in [1.165, 1.54) is 0 Å². The molecule has 2 aliphatic heterocycles. The molecular weight excluding hydrogens is 316 g/mol. The van der Waals surface area contributed by atoms with Gasteiger partial charge in [0.25, 0.3) is 0 Å². The van der Waals surface area contributed by atoms with E-state index in [1.807, 2.05) is 0 Å². The topological polar surface area (TPSA) is 88.3 Å². The second kappa shape index (κ2) is 7.15. The Hall–Kier alpha value is -1.28. The second-order valence-electron chi connectivity index (χ2n) is 7.95. The van der Waals surface area contributed by atoms with Crippen molar-refractivity contribution in [2.24, 2.45) is 11.7 Å². The minimum atomic E-state index is 0.210. The number of rotatable bonds is 4. The number of nitrogens with two attached hydrogens (primary N) is 1. The van der Waals surface area contributed by atoms with Gasteiger partial charge in [0, 0.05) is 37.2 Å². The Morgan fingerprint density at radius 1 is 1.24 bits per heavy atom. The summed E-state index contributed by atoms with van der Waals surface area (Å²) < 4.78 is 6.09. The maximum absolute atomic E-state index is 6.09. The maximum Gasteiger partial charge on any atom is 0.132 e. The predicted octanol–water partition coefficient (Wildman–Crippen LogP) is 1.13. The van der Waals surface area contributed by atoms with Crippen LogP contribution in [0.5, 0.6) is 0 Å². The van der Waals surface area contributed by atoms with Gasteiger partial charge in [-0.15, -0.1) is 0 Å². The Labute approximate surface area is 149 Å². The van der Waals surface area contributed by atoms with Crippen molar-refractivity contribution in [1.29, 1.82) is 0 Å². The average Bonchev–Trinajstić information content (AvgIpc) is 3.20. The first kappa shape index (κ1) is 17.1. The Morgan fingerprint density at radius 3 is 2.88 bits per heavy atom. The number of nitrogens with one attached hydrogen (secondary N) is 2. The molecule has 0 amide bonds. The van der Waals surface area contributed by atoms with Gasteiger partial charge in [-0.3, -0.25) is 5.43 Å². The zero-order chi connectivity index (χ0) is 17.4. The summed E-state index contributed by atoms with van der Waals surface area (Å²) in [5, 5.41) is 0. The summed E-state index contributed by atoms with van der Waals surface area (Å²) in [5.74, 6) is 1.50. The Morgan fingerprint density at radius 2 is 2.12 bits per heavy atom. The van der Waals surface area contributed by atoms with Crippen molar-refractivity contribution in [3.05, 3.63) is 18.1 Å². The molecule has 1 aromatic rings. The van der Waals surface area contributed by atoms with Gasteiger partial charge in [-0.1, -0.05) is 0 Å². The van der Waals surface area contributed by atoms with E-state index in [2.05, 4.69) is 45.6 Å². The zero-order valence-electron chi connectivity index (χ0n) is 15.2. The molecule has 4 unspecified atom stereocenters. The lowest BCUT2D eigenvalue weighted by Crippen LogP contribution is -2.38. The molecule has 1 aliphatic carbocycles. The van der Waals surface area contributed by atoms with Crippen LogP contribution in [0.2, 0.25) is 0 Å². The lowest BCUT2D eigenvalue weighted by atomic mass is 9.79. The fourth-order valence-corrected chi connectivity index (χ4v) is 4.52. The summed E-state index contributed by atoms with van der Waals surface area (Å²) in [6.45, 7) is 6.09. The number of nitrogens with zero attached hydrogens (tertiary/aromatic N) is 3. The fourth-order valence-electron chi connectivity index (χ4n) is 4.52. The van der Waals surface area contributed by atoms with Crippen molar-refractivity contribution in [2.45, 2.75) is 69.9 Å². The van der Waals surface area contributed by atoms with E-state index < -0.39 is 0 Å². The number of anilines is 1. The quantitative estimate of drug-likeness (QED) is 0.753. The number of fused-ring (bicyclic) bond motifs is 1. The summed E-state index contributed by atoms with van der Waals surface area (Å²) in [5.41, 5.74) is 14.1. The van der Waals surface area contributed by atoms with Crippen LogP contribution in [0.15, 0.2) is 12.4 Å². The largest absolute Gasteiger partial charge is 0.376 e. The number of hydrogen-bond donors (Lipinski definition) is 3. The lowest BCUT2D eigenvalue weighted by Gasteiger charge is -2.34. The Bertz CT molecular complexity index is 597. The van der Waals surface area contributed by atoms with Gasteiger partial charge in [0.1, 0.15) is 12.1 Å². The maximum atomic E-state index is 6.09.